The fourth-order valence-corrected chi connectivity index (χ4v) is 2.71. The zero-order valence-electron chi connectivity index (χ0n) is 12.0. The van der Waals surface area contributed by atoms with Gasteiger partial charge < -0.3 is 15.3 Å². The molecule has 0 bridgehead atoms. The number of rotatable bonds is 3. The first-order chi connectivity index (χ1) is 9.24. The minimum absolute atomic E-state index is 0.394. The molecule has 2 N–H and O–H groups in total. The average molecular weight is 263 g/mol. The Labute approximate surface area is 115 Å². The summed E-state index contributed by atoms with van der Waals surface area (Å²) in [7, 11) is 0. The predicted molar refractivity (Wildman–Crippen MR) is 79.2 cm³/mol. The molecule has 0 spiro atoms. The molecule has 2 fully saturated rings. The highest BCUT2D eigenvalue weighted by Gasteiger charge is 2.28. The molecular formula is C15H25N3O. The molecule has 0 amide bonds. The zero-order chi connectivity index (χ0) is 13.7. The van der Waals surface area contributed by atoms with Crippen molar-refractivity contribution < 1.29 is 5.11 Å². The molecule has 1 saturated carbocycles. The SMILES string of the molecule is CC/C=C/N=C1\C(=C(/C)N2CCNCC2)CCC1O. The second-order valence-corrected chi connectivity index (χ2v) is 5.16. The van der Waals surface area contributed by atoms with E-state index in [4.69, 9.17) is 0 Å². The van der Waals surface area contributed by atoms with Crippen LogP contribution in [0.4, 0.5) is 0 Å². The van der Waals surface area contributed by atoms with Crippen molar-refractivity contribution in [2.45, 2.75) is 39.2 Å². The van der Waals surface area contributed by atoms with Gasteiger partial charge in [-0.15, -0.1) is 0 Å². The number of nitrogens with one attached hydrogen (secondary N) is 1. The van der Waals surface area contributed by atoms with Crippen LogP contribution in [0, 0.1) is 0 Å². The quantitative estimate of drug-likeness (QED) is 0.814. The number of piperazine rings is 1. The summed E-state index contributed by atoms with van der Waals surface area (Å²) in [4.78, 5) is 6.88. The molecule has 0 radical (unpaired) electrons. The maximum absolute atomic E-state index is 10.1. The normalized spacial score (nSPS) is 29.5. The summed E-state index contributed by atoms with van der Waals surface area (Å²) in [6.45, 7) is 8.42. The Morgan fingerprint density at radius 3 is 2.89 bits per heavy atom. The molecule has 19 heavy (non-hydrogen) atoms. The van der Waals surface area contributed by atoms with Crippen LogP contribution in [-0.2, 0) is 0 Å². The zero-order valence-corrected chi connectivity index (χ0v) is 12.0. The summed E-state index contributed by atoms with van der Waals surface area (Å²) in [6.07, 6.45) is 6.18. The van der Waals surface area contributed by atoms with E-state index in [1.807, 2.05) is 12.3 Å². The summed E-state index contributed by atoms with van der Waals surface area (Å²) in [6, 6.07) is 0. The van der Waals surface area contributed by atoms with E-state index in [2.05, 4.69) is 29.1 Å². The average Bonchev–Trinajstić information content (AvgIpc) is 2.81. The van der Waals surface area contributed by atoms with E-state index in [9.17, 15) is 5.11 Å². The third-order valence-corrected chi connectivity index (χ3v) is 3.88. The van der Waals surface area contributed by atoms with Crippen LogP contribution >= 0.6 is 0 Å². The first-order valence-corrected chi connectivity index (χ1v) is 7.30. The van der Waals surface area contributed by atoms with E-state index in [0.29, 0.717) is 0 Å². The van der Waals surface area contributed by atoms with E-state index in [1.165, 1.54) is 11.3 Å². The van der Waals surface area contributed by atoms with Crippen molar-refractivity contribution in [3.63, 3.8) is 0 Å². The Morgan fingerprint density at radius 1 is 1.47 bits per heavy atom. The van der Waals surface area contributed by atoms with Crippen molar-refractivity contribution in [3.8, 4) is 0 Å². The molecule has 2 aliphatic rings. The van der Waals surface area contributed by atoms with E-state index in [1.54, 1.807) is 0 Å². The molecule has 1 atom stereocenters. The molecule has 2 rings (SSSR count). The highest BCUT2D eigenvalue weighted by atomic mass is 16.3. The predicted octanol–water partition coefficient (Wildman–Crippen LogP) is 1.68. The molecule has 1 aliphatic heterocycles. The van der Waals surface area contributed by atoms with Crippen molar-refractivity contribution >= 4 is 5.71 Å². The number of nitrogens with zero attached hydrogens (tertiary/aromatic N) is 2. The van der Waals surface area contributed by atoms with Crippen LogP contribution in [0.2, 0.25) is 0 Å². The maximum Gasteiger partial charge on any atom is 0.0966 e. The van der Waals surface area contributed by atoms with Crippen LogP contribution in [0.1, 0.15) is 33.1 Å². The van der Waals surface area contributed by atoms with Crippen molar-refractivity contribution in [1.82, 2.24) is 10.2 Å². The lowest BCUT2D eigenvalue weighted by Gasteiger charge is -2.31. The van der Waals surface area contributed by atoms with Crippen molar-refractivity contribution in [2.24, 2.45) is 4.99 Å². The van der Waals surface area contributed by atoms with Gasteiger partial charge in [0.2, 0.25) is 0 Å². The number of aliphatic imine (C=N–C) groups is 1. The summed E-state index contributed by atoms with van der Waals surface area (Å²) in [5.74, 6) is 0. The Morgan fingerprint density at radius 2 is 2.21 bits per heavy atom. The number of aliphatic hydroxyl groups is 1. The first kappa shape index (κ1) is 14.3. The van der Waals surface area contributed by atoms with Gasteiger partial charge in [0.1, 0.15) is 0 Å². The Hall–Kier alpha value is -1.13. The van der Waals surface area contributed by atoms with E-state index in [0.717, 1.165) is 51.2 Å². The summed E-state index contributed by atoms with van der Waals surface area (Å²) in [5.41, 5.74) is 3.41. The van der Waals surface area contributed by atoms with Crippen LogP contribution in [0.25, 0.3) is 0 Å². The van der Waals surface area contributed by atoms with E-state index in [-0.39, 0.29) is 0 Å². The lowest BCUT2D eigenvalue weighted by Crippen LogP contribution is -2.42. The molecule has 1 aliphatic carbocycles. The number of hydrogen-bond acceptors (Lipinski definition) is 4. The van der Waals surface area contributed by atoms with Crippen LogP contribution in [0.5, 0.6) is 0 Å². The second-order valence-electron chi connectivity index (χ2n) is 5.16. The molecule has 0 aromatic heterocycles. The smallest absolute Gasteiger partial charge is 0.0966 e. The third kappa shape index (κ3) is 3.45. The molecule has 1 heterocycles. The number of aliphatic hydroxyl groups excluding tert-OH is 1. The van der Waals surface area contributed by atoms with Gasteiger partial charge in [0.05, 0.1) is 11.8 Å². The lowest BCUT2D eigenvalue weighted by molar-refractivity contribution is 0.242. The Bertz CT molecular complexity index is 392. The van der Waals surface area contributed by atoms with Gasteiger partial charge in [-0.3, -0.25) is 4.99 Å². The summed E-state index contributed by atoms with van der Waals surface area (Å²) < 4.78 is 0. The van der Waals surface area contributed by atoms with Gasteiger partial charge in [-0.25, -0.2) is 0 Å². The molecule has 1 saturated heterocycles. The molecule has 0 aromatic rings. The molecule has 4 heteroatoms. The van der Waals surface area contributed by atoms with Gasteiger partial charge in [0, 0.05) is 38.1 Å². The van der Waals surface area contributed by atoms with Gasteiger partial charge >= 0.3 is 0 Å². The number of hydrogen-bond donors (Lipinski definition) is 2. The molecule has 4 nitrogen and oxygen atoms in total. The van der Waals surface area contributed by atoms with Crippen LogP contribution in [0.3, 0.4) is 0 Å². The molecular weight excluding hydrogens is 238 g/mol. The van der Waals surface area contributed by atoms with Gasteiger partial charge in [-0.05, 0) is 31.8 Å². The van der Waals surface area contributed by atoms with Gasteiger partial charge in [0.25, 0.3) is 0 Å². The summed E-state index contributed by atoms with van der Waals surface area (Å²) >= 11 is 0. The molecule has 0 aromatic carbocycles. The second kappa shape index (κ2) is 6.87. The van der Waals surface area contributed by atoms with E-state index >= 15 is 0 Å². The third-order valence-electron chi connectivity index (χ3n) is 3.88. The first-order valence-electron chi connectivity index (χ1n) is 7.30. The fourth-order valence-electron chi connectivity index (χ4n) is 2.71. The van der Waals surface area contributed by atoms with Crippen LogP contribution < -0.4 is 5.32 Å². The van der Waals surface area contributed by atoms with Crippen molar-refractivity contribution in [3.05, 3.63) is 23.5 Å². The summed E-state index contributed by atoms with van der Waals surface area (Å²) in [5, 5.41) is 13.4. The van der Waals surface area contributed by atoms with Crippen molar-refractivity contribution in [2.75, 3.05) is 26.2 Å². The largest absolute Gasteiger partial charge is 0.387 e. The highest BCUT2D eigenvalue weighted by Crippen LogP contribution is 2.27. The van der Waals surface area contributed by atoms with Gasteiger partial charge in [0.15, 0.2) is 0 Å². The topological polar surface area (TPSA) is 47.9 Å². The monoisotopic (exact) mass is 263 g/mol. The molecule has 106 valence electrons. The van der Waals surface area contributed by atoms with Gasteiger partial charge in [-0.1, -0.05) is 13.0 Å². The van der Waals surface area contributed by atoms with E-state index < -0.39 is 6.10 Å². The van der Waals surface area contributed by atoms with Gasteiger partial charge in [-0.2, -0.15) is 0 Å². The standard InChI is InChI=1S/C15H25N3O/c1-3-4-7-17-15-13(5-6-14(15)19)12(2)18-10-8-16-9-11-18/h4,7,14,16,19H,3,5-6,8-11H2,1-2H3/b7-4+,13-12+,17-15+. The van der Waals surface area contributed by atoms with Crippen LogP contribution in [-0.4, -0.2) is 48.0 Å². The lowest BCUT2D eigenvalue weighted by atomic mass is 10.1. The minimum atomic E-state index is -0.394. The molecule has 1 unspecified atom stereocenters. The highest BCUT2D eigenvalue weighted by molar-refractivity contribution is 6.06. The van der Waals surface area contributed by atoms with Crippen LogP contribution in [0.15, 0.2) is 28.5 Å². The maximum atomic E-state index is 10.1. The Kier molecular flexibility index (Phi) is 5.16. The fraction of sp³-hybridized carbons (Fsp3) is 0.667. The van der Waals surface area contributed by atoms with Crippen molar-refractivity contribution in [1.29, 1.82) is 0 Å². The Balaban J connectivity index is 2.20. The minimum Gasteiger partial charge on any atom is -0.387 e. The number of allylic oxidation sites excluding steroid dienone is 2.